The summed E-state index contributed by atoms with van der Waals surface area (Å²) in [7, 11) is 3.41. The van der Waals surface area contributed by atoms with Gasteiger partial charge in [-0.25, -0.2) is 4.98 Å². The van der Waals surface area contributed by atoms with E-state index in [-0.39, 0.29) is 0 Å². The van der Waals surface area contributed by atoms with Crippen molar-refractivity contribution in [3.8, 4) is 28.3 Å². The molecule has 3 rings (SSSR count). The molecule has 0 fully saturated rings. The fourth-order valence-electron chi connectivity index (χ4n) is 2.83. The molecule has 0 radical (unpaired) electrons. The lowest BCUT2D eigenvalue weighted by Crippen LogP contribution is -2.05. The molecule has 0 spiro atoms. The van der Waals surface area contributed by atoms with Crippen LogP contribution in [0.15, 0.2) is 54.9 Å². The summed E-state index contributed by atoms with van der Waals surface area (Å²) in [6.07, 6.45) is 1.87. The number of benzene rings is 2. The maximum atomic E-state index is 5.63. The minimum Gasteiger partial charge on any atom is -0.496 e. The van der Waals surface area contributed by atoms with E-state index in [1.54, 1.807) is 14.2 Å². The van der Waals surface area contributed by atoms with Gasteiger partial charge in [-0.05, 0) is 24.6 Å². The van der Waals surface area contributed by atoms with Gasteiger partial charge in [0.25, 0.3) is 0 Å². The number of methoxy groups -OCH3 is 2. The largest absolute Gasteiger partial charge is 0.496 e. The van der Waals surface area contributed by atoms with E-state index in [1.807, 2.05) is 24.5 Å². The molecule has 0 bridgehead atoms. The molecule has 0 aliphatic heterocycles. The van der Waals surface area contributed by atoms with E-state index >= 15 is 0 Å². The number of imidazole rings is 1. The van der Waals surface area contributed by atoms with Crippen molar-refractivity contribution in [2.45, 2.75) is 13.5 Å². The molecule has 24 heavy (non-hydrogen) atoms. The number of aryl methyl sites for hydroxylation is 1. The summed E-state index contributed by atoms with van der Waals surface area (Å²) < 4.78 is 13.0. The van der Waals surface area contributed by atoms with Gasteiger partial charge in [-0.1, -0.05) is 36.4 Å². The van der Waals surface area contributed by atoms with Crippen LogP contribution >= 0.6 is 0 Å². The normalized spacial score (nSPS) is 10.8. The molecule has 0 amide bonds. The van der Waals surface area contributed by atoms with Crippen LogP contribution in [0.3, 0.4) is 0 Å². The molecule has 0 saturated heterocycles. The Kier molecular flexibility index (Phi) is 4.96. The average molecular weight is 322 g/mol. The molecule has 4 nitrogen and oxygen atoms in total. The first-order chi connectivity index (χ1) is 11.7. The second kappa shape index (κ2) is 7.32. The quantitative estimate of drug-likeness (QED) is 0.683. The Bertz CT molecular complexity index is 810. The van der Waals surface area contributed by atoms with Crippen molar-refractivity contribution in [3.63, 3.8) is 0 Å². The molecular formula is C20H22N2O2. The van der Waals surface area contributed by atoms with Crippen molar-refractivity contribution in [1.82, 2.24) is 9.55 Å². The van der Waals surface area contributed by atoms with Crippen LogP contribution in [0, 0.1) is 6.92 Å². The molecule has 1 aromatic heterocycles. The molecule has 0 aliphatic carbocycles. The van der Waals surface area contributed by atoms with Gasteiger partial charge in [-0.15, -0.1) is 0 Å². The summed E-state index contributed by atoms with van der Waals surface area (Å²) in [6, 6.07) is 16.5. The highest BCUT2D eigenvalue weighted by Gasteiger charge is 2.18. The number of nitrogens with zero attached hydrogens (tertiary/aromatic N) is 2. The fraction of sp³-hybridized carbons (Fsp3) is 0.250. The SMILES string of the molecule is COCCn1cnc(-c2ccccc2)c1-c1ccc(C)cc1OC. The highest BCUT2D eigenvalue weighted by atomic mass is 16.5. The highest BCUT2D eigenvalue weighted by Crippen LogP contribution is 2.37. The predicted molar refractivity (Wildman–Crippen MR) is 96.3 cm³/mol. The molecule has 0 unspecified atom stereocenters. The van der Waals surface area contributed by atoms with E-state index in [0.717, 1.165) is 34.8 Å². The van der Waals surface area contributed by atoms with Crippen LogP contribution in [0.1, 0.15) is 5.56 Å². The van der Waals surface area contributed by atoms with E-state index in [9.17, 15) is 0 Å². The van der Waals surface area contributed by atoms with Gasteiger partial charge < -0.3 is 14.0 Å². The second-order valence-electron chi connectivity index (χ2n) is 5.70. The van der Waals surface area contributed by atoms with Crippen LogP contribution in [0.25, 0.3) is 22.5 Å². The van der Waals surface area contributed by atoms with Crippen LogP contribution < -0.4 is 4.74 Å². The molecule has 3 aromatic rings. The van der Waals surface area contributed by atoms with Crippen LogP contribution in [0.5, 0.6) is 5.75 Å². The molecule has 0 aliphatic rings. The third-order valence-corrected chi connectivity index (χ3v) is 4.03. The lowest BCUT2D eigenvalue weighted by Gasteiger charge is -2.14. The number of rotatable bonds is 6. The van der Waals surface area contributed by atoms with E-state index < -0.39 is 0 Å². The zero-order valence-electron chi connectivity index (χ0n) is 14.3. The van der Waals surface area contributed by atoms with Crippen LogP contribution in [0.4, 0.5) is 0 Å². The van der Waals surface area contributed by atoms with Gasteiger partial charge in [0, 0.05) is 24.8 Å². The third-order valence-electron chi connectivity index (χ3n) is 4.03. The van der Waals surface area contributed by atoms with Crippen molar-refractivity contribution < 1.29 is 9.47 Å². The van der Waals surface area contributed by atoms with Gasteiger partial charge in [0.1, 0.15) is 5.75 Å². The van der Waals surface area contributed by atoms with E-state index in [4.69, 9.17) is 9.47 Å². The predicted octanol–water partition coefficient (Wildman–Crippen LogP) is 4.18. The average Bonchev–Trinajstić information content (AvgIpc) is 3.04. The Morgan fingerprint density at radius 3 is 2.54 bits per heavy atom. The van der Waals surface area contributed by atoms with E-state index in [1.165, 1.54) is 5.56 Å². The summed E-state index contributed by atoms with van der Waals surface area (Å²) in [5.41, 5.74) is 5.30. The summed E-state index contributed by atoms with van der Waals surface area (Å²) >= 11 is 0. The minimum absolute atomic E-state index is 0.631. The Morgan fingerprint density at radius 1 is 1.04 bits per heavy atom. The third kappa shape index (κ3) is 3.19. The molecule has 4 heteroatoms. The van der Waals surface area contributed by atoms with Crippen LogP contribution in [0.2, 0.25) is 0 Å². The number of hydrogen-bond acceptors (Lipinski definition) is 3. The van der Waals surface area contributed by atoms with Gasteiger partial charge >= 0.3 is 0 Å². The molecule has 2 aromatic carbocycles. The summed E-state index contributed by atoms with van der Waals surface area (Å²) in [6.45, 7) is 3.43. The van der Waals surface area contributed by atoms with Gasteiger partial charge in [0.15, 0.2) is 0 Å². The monoisotopic (exact) mass is 322 g/mol. The molecule has 0 N–H and O–H groups in total. The number of hydrogen-bond donors (Lipinski definition) is 0. The Hall–Kier alpha value is -2.59. The molecular weight excluding hydrogens is 300 g/mol. The van der Waals surface area contributed by atoms with E-state index in [0.29, 0.717) is 6.61 Å². The Balaban J connectivity index is 2.18. The van der Waals surface area contributed by atoms with Crippen molar-refractivity contribution >= 4 is 0 Å². The minimum atomic E-state index is 0.631. The highest BCUT2D eigenvalue weighted by molar-refractivity contribution is 5.82. The Morgan fingerprint density at radius 2 is 1.83 bits per heavy atom. The molecule has 0 saturated carbocycles. The fourth-order valence-corrected chi connectivity index (χ4v) is 2.83. The smallest absolute Gasteiger partial charge is 0.128 e. The zero-order valence-corrected chi connectivity index (χ0v) is 14.3. The topological polar surface area (TPSA) is 36.3 Å². The van der Waals surface area contributed by atoms with Gasteiger partial charge in [0.2, 0.25) is 0 Å². The van der Waals surface area contributed by atoms with Crippen molar-refractivity contribution in [2.75, 3.05) is 20.8 Å². The maximum Gasteiger partial charge on any atom is 0.128 e. The zero-order chi connectivity index (χ0) is 16.9. The van der Waals surface area contributed by atoms with Crippen molar-refractivity contribution in [1.29, 1.82) is 0 Å². The van der Waals surface area contributed by atoms with Gasteiger partial charge in [-0.2, -0.15) is 0 Å². The first kappa shape index (κ1) is 16.3. The number of aromatic nitrogens is 2. The summed E-state index contributed by atoms with van der Waals surface area (Å²) in [5.74, 6) is 0.853. The van der Waals surface area contributed by atoms with Crippen molar-refractivity contribution in [2.24, 2.45) is 0 Å². The first-order valence-corrected chi connectivity index (χ1v) is 7.99. The van der Waals surface area contributed by atoms with Gasteiger partial charge in [-0.3, -0.25) is 0 Å². The second-order valence-corrected chi connectivity index (χ2v) is 5.70. The standard InChI is InChI=1S/C20H22N2O2/c1-15-9-10-17(18(13-15)24-3)20-19(16-7-5-4-6-8-16)21-14-22(20)11-12-23-2/h4-10,13-14H,11-12H2,1-3H3. The van der Waals surface area contributed by atoms with Crippen molar-refractivity contribution in [3.05, 3.63) is 60.4 Å². The number of ether oxygens (including phenoxy) is 2. The van der Waals surface area contributed by atoms with Gasteiger partial charge in [0.05, 0.1) is 31.4 Å². The summed E-state index contributed by atoms with van der Waals surface area (Å²) in [4.78, 5) is 4.67. The van der Waals surface area contributed by atoms with Crippen LogP contribution in [-0.4, -0.2) is 30.4 Å². The molecule has 124 valence electrons. The van der Waals surface area contributed by atoms with Crippen LogP contribution in [-0.2, 0) is 11.3 Å². The first-order valence-electron chi connectivity index (χ1n) is 7.99. The molecule has 1 heterocycles. The maximum absolute atomic E-state index is 5.63. The molecule has 0 atom stereocenters. The Labute approximate surface area is 142 Å². The van der Waals surface area contributed by atoms with E-state index in [2.05, 4.69) is 46.8 Å². The lowest BCUT2D eigenvalue weighted by atomic mass is 10.0. The summed E-state index contributed by atoms with van der Waals surface area (Å²) in [5, 5.41) is 0. The lowest BCUT2D eigenvalue weighted by molar-refractivity contribution is 0.187.